The molecule has 5 nitrogen and oxygen atoms in total. The van der Waals surface area contributed by atoms with E-state index in [4.69, 9.17) is 9.57 Å². The molecule has 0 aliphatic carbocycles. The maximum Gasteiger partial charge on any atom is 0.408 e. The van der Waals surface area contributed by atoms with E-state index < -0.39 is 11.7 Å². The number of hydrogen-bond donors (Lipinski definition) is 1. The predicted molar refractivity (Wildman–Crippen MR) is 62.7 cm³/mol. The van der Waals surface area contributed by atoms with Gasteiger partial charge in [-0.2, -0.15) is 0 Å². The van der Waals surface area contributed by atoms with E-state index >= 15 is 0 Å². The van der Waals surface area contributed by atoms with Gasteiger partial charge in [-0.15, -0.1) is 0 Å². The van der Waals surface area contributed by atoms with Crippen LogP contribution in [-0.2, 0) is 9.57 Å². The summed E-state index contributed by atoms with van der Waals surface area (Å²) >= 11 is 0. The lowest BCUT2D eigenvalue weighted by atomic mass is 10.2. The Morgan fingerprint density at radius 1 is 1.44 bits per heavy atom. The van der Waals surface area contributed by atoms with Gasteiger partial charge < -0.3 is 10.1 Å². The molecule has 94 valence electrons. The molecule has 0 saturated heterocycles. The van der Waals surface area contributed by atoms with Gasteiger partial charge in [0.2, 0.25) is 0 Å². The molecule has 0 saturated carbocycles. The third-order valence-electron chi connectivity index (χ3n) is 1.91. The van der Waals surface area contributed by atoms with Gasteiger partial charge in [-0.25, -0.2) is 4.79 Å². The van der Waals surface area contributed by atoms with Gasteiger partial charge in [0.15, 0.2) is 0 Å². The van der Waals surface area contributed by atoms with Gasteiger partial charge in [0.05, 0.1) is 18.8 Å². The summed E-state index contributed by atoms with van der Waals surface area (Å²) in [4.78, 5) is 16.4. The fourth-order valence-electron chi connectivity index (χ4n) is 0.958. The van der Waals surface area contributed by atoms with Crippen LogP contribution in [0.3, 0.4) is 0 Å². The van der Waals surface area contributed by atoms with Gasteiger partial charge in [0.25, 0.3) is 0 Å². The van der Waals surface area contributed by atoms with Crippen LogP contribution in [0.25, 0.3) is 0 Å². The number of carbonyl (C=O) groups excluding carboxylic acids is 1. The second kappa shape index (κ2) is 5.75. The van der Waals surface area contributed by atoms with Crippen molar-refractivity contribution >= 4 is 6.09 Å². The van der Waals surface area contributed by atoms with Crippen molar-refractivity contribution in [3.63, 3.8) is 0 Å². The Bertz CT molecular complexity index is 258. The highest BCUT2D eigenvalue weighted by Gasteiger charge is 2.19. The van der Waals surface area contributed by atoms with Crippen molar-refractivity contribution in [2.45, 2.75) is 39.3 Å². The van der Waals surface area contributed by atoms with E-state index in [2.05, 4.69) is 11.9 Å². The summed E-state index contributed by atoms with van der Waals surface area (Å²) in [6.07, 6.45) is -0.467. The van der Waals surface area contributed by atoms with E-state index in [1.54, 1.807) is 7.05 Å². The van der Waals surface area contributed by atoms with E-state index in [-0.39, 0.29) is 6.04 Å². The molecule has 0 bridgehead atoms. The number of hydroxylamine groups is 2. The van der Waals surface area contributed by atoms with Gasteiger partial charge in [0.1, 0.15) is 5.60 Å². The summed E-state index contributed by atoms with van der Waals surface area (Å²) in [7, 11) is 3.25. The SMILES string of the molecule is C=C([C@H](C)NC(=O)OC(C)(C)C)N(C)OC. The molecule has 1 amide bonds. The first-order chi connectivity index (χ1) is 7.17. The molecule has 0 rings (SSSR count). The van der Waals surface area contributed by atoms with Crippen molar-refractivity contribution < 1.29 is 14.4 Å². The third kappa shape index (κ3) is 5.60. The van der Waals surface area contributed by atoms with Gasteiger partial charge in [-0.3, -0.25) is 9.90 Å². The Morgan fingerprint density at radius 3 is 2.31 bits per heavy atom. The first kappa shape index (κ1) is 14.8. The summed E-state index contributed by atoms with van der Waals surface area (Å²) in [6.45, 7) is 11.1. The zero-order chi connectivity index (χ0) is 12.9. The van der Waals surface area contributed by atoms with Crippen LogP contribution in [0.4, 0.5) is 4.79 Å². The smallest absolute Gasteiger partial charge is 0.408 e. The van der Waals surface area contributed by atoms with Crippen molar-refractivity contribution in [3.8, 4) is 0 Å². The molecule has 0 heterocycles. The highest BCUT2D eigenvalue weighted by Crippen LogP contribution is 2.09. The number of hydrogen-bond acceptors (Lipinski definition) is 4. The van der Waals surface area contributed by atoms with E-state index in [0.29, 0.717) is 5.70 Å². The summed E-state index contributed by atoms with van der Waals surface area (Å²) in [5.41, 5.74) is 0.145. The summed E-state index contributed by atoms with van der Waals surface area (Å²) in [5, 5.41) is 4.16. The van der Waals surface area contributed by atoms with Crippen molar-refractivity contribution in [2.24, 2.45) is 0 Å². The van der Waals surface area contributed by atoms with Crippen molar-refractivity contribution in [2.75, 3.05) is 14.2 Å². The zero-order valence-corrected chi connectivity index (χ0v) is 11.0. The lowest BCUT2D eigenvalue weighted by Crippen LogP contribution is -2.41. The Hall–Kier alpha value is -1.23. The number of alkyl carbamates (subject to hydrolysis) is 1. The van der Waals surface area contributed by atoms with E-state index in [1.807, 2.05) is 27.7 Å². The maximum atomic E-state index is 11.5. The minimum Gasteiger partial charge on any atom is -0.444 e. The largest absolute Gasteiger partial charge is 0.444 e. The van der Waals surface area contributed by atoms with Crippen LogP contribution in [0.1, 0.15) is 27.7 Å². The fourth-order valence-corrected chi connectivity index (χ4v) is 0.958. The van der Waals surface area contributed by atoms with Crippen molar-refractivity contribution in [3.05, 3.63) is 12.3 Å². The van der Waals surface area contributed by atoms with Crippen LogP contribution < -0.4 is 5.32 Å². The normalized spacial score (nSPS) is 12.9. The van der Waals surface area contributed by atoms with Crippen LogP contribution in [0.2, 0.25) is 0 Å². The number of amides is 1. The Balaban J connectivity index is 4.20. The third-order valence-corrected chi connectivity index (χ3v) is 1.91. The molecule has 5 heteroatoms. The van der Waals surface area contributed by atoms with Crippen LogP contribution in [-0.4, -0.2) is 37.0 Å². The maximum absolute atomic E-state index is 11.5. The van der Waals surface area contributed by atoms with E-state index in [1.165, 1.54) is 12.2 Å². The van der Waals surface area contributed by atoms with Crippen LogP contribution in [0.5, 0.6) is 0 Å². The highest BCUT2D eigenvalue weighted by atomic mass is 16.7. The van der Waals surface area contributed by atoms with Gasteiger partial charge >= 0.3 is 6.09 Å². The summed E-state index contributed by atoms with van der Waals surface area (Å²) in [6, 6.07) is -0.250. The number of nitrogens with one attached hydrogen (secondary N) is 1. The molecule has 0 aromatic heterocycles. The number of carbonyl (C=O) groups is 1. The number of likely N-dealkylation sites (N-methyl/N-ethyl adjacent to an activating group) is 1. The zero-order valence-electron chi connectivity index (χ0n) is 11.0. The molecule has 1 atom stereocenters. The molecule has 1 N–H and O–H groups in total. The molecule has 0 unspecified atom stereocenters. The number of nitrogens with zero attached hydrogens (tertiary/aromatic N) is 1. The molecule has 0 radical (unpaired) electrons. The monoisotopic (exact) mass is 230 g/mol. The van der Waals surface area contributed by atoms with E-state index in [0.717, 1.165) is 0 Å². The fraction of sp³-hybridized carbons (Fsp3) is 0.727. The van der Waals surface area contributed by atoms with Crippen LogP contribution >= 0.6 is 0 Å². The molecule has 0 aliphatic heterocycles. The topological polar surface area (TPSA) is 50.8 Å². The van der Waals surface area contributed by atoms with Gasteiger partial charge in [-0.05, 0) is 27.7 Å². The average molecular weight is 230 g/mol. The van der Waals surface area contributed by atoms with Gasteiger partial charge in [0, 0.05) is 7.05 Å². The molecule has 0 aromatic carbocycles. The molecule has 0 spiro atoms. The minimum absolute atomic E-state index is 0.250. The number of rotatable bonds is 4. The average Bonchev–Trinajstić information content (AvgIpc) is 2.12. The van der Waals surface area contributed by atoms with Crippen molar-refractivity contribution in [1.29, 1.82) is 0 Å². The first-order valence-corrected chi connectivity index (χ1v) is 5.13. The van der Waals surface area contributed by atoms with Crippen molar-refractivity contribution in [1.82, 2.24) is 10.4 Å². The second-order valence-corrected chi connectivity index (χ2v) is 4.54. The minimum atomic E-state index is -0.502. The Kier molecular flexibility index (Phi) is 5.30. The summed E-state index contributed by atoms with van der Waals surface area (Å²) in [5.74, 6) is 0. The second-order valence-electron chi connectivity index (χ2n) is 4.54. The molecular weight excluding hydrogens is 208 g/mol. The lowest BCUT2D eigenvalue weighted by Gasteiger charge is -2.26. The molecule has 0 aromatic rings. The Morgan fingerprint density at radius 2 is 1.94 bits per heavy atom. The number of ether oxygens (including phenoxy) is 1. The quantitative estimate of drug-likeness (QED) is 0.749. The predicted octanol–water partition coefficient (Wildman–Crippen LogP) is 1.91. The Labute approximate surface area is 97.4 Å². The van der Waals surface area contributed by atoms with E-state index in [9.17, 15) is 4.79 Å². The van der Waals surface area contributed by atoms with Crippen LogP contribution in [0.15, 0.2) is 12.3 Å². The first-order valence-electron chi connectivity index (χ1n) is 5.13. The molecule has 0 fully saturated rings. The molecule has 0 aliphatic rings. The molecule has 16 heavy (non-hydrogen) atoms. The molecular formula is C11H22N2O3. The van der Waals surface area contributed by atoms with Crippen LogP contribution in [0, 0.1) is 0 Å². The highest BCUT2D eigenvalue weighted by molar-refractivity contribution is 5.68. The lowest BCUT2D eigenvalue weighted by molar-refractivity contribution is -0.0819. The standard InChI is InChI=1S/C11H22N2O3/c1-8(9(2)13(6)15-7)12-10(14)16-11(3,4)5/h8H,2H2,1,3-7H3,(H,12,14)/t8-/m0/s1. The van der Waals surface area contributed by atoms with Gasteiger partial charge in [-0.1, -0.05) is 6.58 Å². The summed E-state index contributed by atoms with van der Waals surface area (Å²) < 4.78 is 5.12.